The molecular weight excluding hydrogens is 201 g/mol. The summed E-state index contributed by atoms with van der Waals surface area (Å²) in [6, 6.07) is 0. The summed E-state index contributed by atoms with van der Waals surface area (Å²) in [5.41, 5.74) is 0.500. The van der Waals surface area contributed by atoms with Crippen LogP contribution in [0, 0.1) is 0 Å². The van der Waals surface area contributed by atoms with Gasteiger partial charge in [-0.1, -0.05) is 13.7 Å². The lowest BCUT2D eigenvalue weighted by Crippen LogP contribution is -1.85. The molecular formula is C7H11Cl2NS. The molecule has 1 heterocycles. The van der Waals surface area contributed by atoms with Gasteiger partial charge in [-0.3, -0.25) is 0 Å². The molecule has 0 saturated heterocycles. The van der Waals surface area contributed by atoms with Gasteiger partial charge >= 0.3 is 0 Å². The number of halogens is 2. The number of thiazole rings is 1. The Morgan fingerprint density at radius 2 is 2.55 bits per heavy atom. The van der Waals surface area contributed by atoms with E-state index in [1.807, 2.05) is 0 Å². The number of hydrogen-bond acceptors (Lipinski definition) is 2. The normalized spacial score (nSPS) is 20.2. The molecule has 0 fully saturated rings. The summed E-state index contributed by atoms with van der Waals surface area (Å²) < 4.78 is 43.5. The van der Waals surface area contributed by atoms with Crippen molar-refractivity contribution in [1.82, 2.24) is 4.98 Å². The van der Waals surface area contributed by atoms with E-state index in [-0.39, 0.29) is 23.3 Å². The summed E-state index contributed by atoms with van der Waals surface area (Å²) in [7, 11) is 0. The fourth-order valence-corrected chi connectivity index (χ4v) is 1.44. The van der Waals surface area contributed by atoms with Crippen molar-refractivity contribution in [3.05, 3.63) is 16.1 Å². The second kappa shape index (κ2) is 4.96. The summed E-state index contributed by atoms with van der Waals surface area (Å²) in [5, 5.41) is 1.67. The lowest BCUT2D eigenvalue weighted by atomic mass is 10.2. The van der Waals surface area contributed by atoms with E-state index in [9.17, 15) is 0 Å². The Kier molecular flexibility index (Phi) is 2.01. The average molecular weight is 218 g/mol. The molecule has 0 aliphatic carbocycles. The van der Waals surface area contributed by atoms with Crippen molar-refractivity contribution in [2.75, 3.05) is 0 Å². The molecule has 1 aromatic heterocycles. The van der Waals surface area contributed by atoms with E-state index >= 15 is 0 Å². The largest absolute Gasteiger partial charge is 0.245 e. The van der Waals surface area contributed by atoms with E-state index in [1.165, 1.54) is 0 Å². The zero-order chi connectivity index (χ0) is 12.6. The Labute approximate surface area is 90.6 Å². The molecule has 11 heavy (non-hydrogen) atoms. The van der Waals surface area contributed by atoms with E-state index in [0.29, 0.717) is 5.69 Å². The highest BCUT2D eigenvalue weighted by atomic mass is 35.5. The molecule has 0 spiro atoms. The average Bonchev–Trinajstić information content (AvgIpc) is 2.47. The zero-order valence-electron chi connectivity index (χ0n) is 11.5. The topological polar surface area (TPSA) is 12.9 Å². The Balaban J connectivity index is 0.00000256. The molecule has 0 aliphatic rings. The third-order valence-corrected chi connectivity index (χ3v) is 2.19. The Hall–Kier alpha value is 0.210. The second-order valence-corrected chi connectivity index (χ2v) is 2.90. The molecule has 1 nitrogen and oxygen atoms in total. The molecule has 0 saturated carbocycles. The maximum absolute atomic E-state index is 7.26. The zero-order valence-corrected chi connectivity index (χ0v) is 7.89. The highest BCUT2D eigenvalue weighted by Gasteiger charge is 2.03. The van der Waals surface area contributed by atoms with Crippen molar-refractivity contribution in [3.8, 4) is 0 Å². The molecule has 0 radical (unpaired) electrons. The summed E-state index contributed by atoms with van der Waals surface area (Å²) in [4.78, 5) is 3.93. The van der Waals surface area contributed by atoms with Crippen molar-refractivity contribution in [1.29, 1.82) is 0 Å². The fourth-order valence-electron chi connectivity index (χ4n) is 0.517. The Morgan fingerprint density at radius 3 is 3.00 bits per heavy atom. The van der Waals surface area contributed by atoms with Gasteiger partial charge in [0, 0.05) is 19.5 Å². The van der Waals surface area contributed by atoms with Crippen LogP contribution in [-0.2, 0) is 5.88 Å². The van der Waals surface area contributed by atoms with E-state index in [4.69, 9.17) is 19.8 Å². The predicted octanol–water partition coefficient (Wildman–Crippen LogP) is 3.43. The minimum atomic E-state index is -2.59. The Morgan fingerprint density at radius 1 is 1.82 bits per heavy atom. The molecule has 0 atom stereocenters. The van der Waals surface area contributed by atoms with Gasteiger partial charge in [0.15, 0.2) is 0 Å². The Bertz CT molecular complexity index is 346. The molecule has 0 aliphatic heterocycles. The van der Waals surface area contributed by atoms with Crippen molar-refractivity contribution >= 4 is 35.3 Å². The van der Waals surface area contributed by atoms with Crippen LogP contribution < -0.4 is 0 Å². The van der Waals surface area contributed by atoms with Crippen LogP contribution in [0.4, 0.5) is 0 Å². The van der Waals surface area contributed by atoms with E-state index in [0.717, 1.165) is 11.3 Å². The number of hydrogen-bond donors (Lipinski definition) is 0. The fraction of sp³-hybridized carbons (Fsp3) is 0.571. The van der Waals surface area contributed by atoms with Crippen molar-refractivity contribution in [2.45, 2.75) is 25.5 Å². The molecule has 0 amide bonds. The first-order valence-electron chi connectivity index (χ1n) is 5.66. The molecule has 0 N–H and O–H groups in total. The quantitative estimate of drug-likeness (QED) is 0.693. The molecule has 0 aromatic carbocycles. The van der Waals surface area contributed by atoms with Gasteiger partial charge < -0.3 is 0 Å². The van der Waals surface area contributed by atoms with Crippen LogP contribution in [0.3, 0.4) is 0 Å². The monoisotopic (exact) mass is 217 g/mol. The van der Waals surface area contributed by atoms with Crippen LogP contribution in [0.1, 0.15) is 38.5 Å². The highest BCUT2D eigenvalue weighted by Crippen LogP contribution is 2.19. The number of aromatic nitrogens is 1. The van der Waals surface area contributed by atoms with Crippen molar-refractivity contribution in [3.63, 3.8) is 0 Å². The minimum absolute atomic E-state index is 0. The number of rotatable bonds is 2. The second-order valence-electron chi connectivity index (χ2n) is 1.74. The lowest BCUT2D eigenvalue weighted by Gasteiger charge is -1.95. The highest BCUT2D eigenvalue weighted by molar-refractivity contribution is 7.09. The number of alkyl halides is 1. The first-order valence-corrected chi connectivity index (χ1v) is 4.08. The summed E-state index contributed by atoms with van der Waals surface area (Å²) >= 11 is 6.56. The van der Waals surface area contributed by atoms with Crippen LogP contribution in [-0.4, -0.2) is 4.98 Å². The maximum Gasteiger partial charge on any atom is 0.0954 e. The predicted molar refractivity (Wildman–Crippen MR) is 53.0 cm³/mol. The third-order valence-electron chi connectivity index (χ3n) is 0.953. The third kappa shape index (κ3) is 2.97. The number of nitrogens with zero attached hydrogens (tertiary/aromatic N) is 1. The van der Waals surface area contributed by atoms with Gasteiger partial charge in [-0.25, -0.2) is 4.98 Å². The summed E-state index contributed by atoms with van der Waals surface area (Å²) in [6.45, 7) is -5.18. The van der Waals surface area contributed by atoms with Gasteiger partial charge in [0.25, 0.3) is 0 Å². The van der Waals surface area contributed by atoms with Crippen LogP contribution >= 0.6 is 35.3 Å². The molecule has 1 rings (SSSR count). The SMILES string of the molecule is Cl.[2H]C([2H])([2H])C(c1nc(CCl)cs1)C([2H])([2H])[2H]. The van der Waals surface area contributed by atoms with Crippen molar-refractivity contribution in [2.24, 2.45) is 0 Å². The van der Waals surface area contributed by atoms with Gasteiger partial charge in [-0.15, -0.1) is 35.3 Å². The van der Waals surface area contributed by atoms with E-state index in [2.05, 4.69) is 4.98 Å². The minimum Gasteiger partial charge on any atom is -0.245 e. The van der Waals surface area contributed by atoms with Crippen LogP contribution in [0.15, 0.2) is 5.38 Å². The van der Waals surface area contributed by atoms with Crippen LogP contribution in [0.5, 0.6) is 0 Å². The van der Waals surface area contributed by atoms with Crippen molar-refractivity contribution < 1.29 is 8.22 Å². The summed E-state index contributed by atoms with van der Waals surface area (Å²) in [5.74, 6) is -1.40. The first kappa shape index (κ1) is 4.45. The standard InChI is InChI=1S/C7H10ClNS.ClH/c1-5(2)7-9-6(3-8)4-10-7;/h4-5H,3H2,1-2H3;1H/i1D3,2D3;. The molecule has 0 unspecified atom stereocenters. The van der Waals surface area contributed by atoms with Gasteiger partial charge in [0.1, 0.15) is 0 Å². The van der Waals surface area contributed by atoms with Crippen LogP contribution in [0.25, 0.3) is 0 Å². The van der Waals surface area contributed by atoms with E-state index < -0.39 is 19.6 Å². The lowest BCUT2D eigenvalue weighted by molar-refractivity contribution is 0.846. The van der Waals surface area contributed by atoms with Gasteiger partial charge in [-0.05, 0) is 0 Å². The van der Waals surface area contributed by atoms with Gasteiger partial charge in [0.2, 0.25) is 0 Å². The summed E-state index contributed by atoms with van der Waals surface area (Å²) in [6.07, 6.45) is 0. The smallest absolute Gasteiger partial charge is 0.0954 e. The van der Waals surface area contributed by atoms with Gasteiger partial charge in [0.05, 0.1) is 16.6 Å². The molecule has 0 bridgehead atoms. The molecule has 4 heteroatoms. The molecule has 64 valence electrons. The molecule has 1 aromatic rings. The maximum atomic E-state index is 7.26. The first-order chi connectivity index (χ1) is 7.16. The van der Waals surface area contributed by atoms with Gasteiger partial charge in [-0.2, -0.15) is 0 Å². The van der Waals surface area contributed by atoms with E-state index in [1.54, 1.807) is 5.38 Å². The van der Waals surface area contributed by atoms with Crippen LogP contribution in [0.2, 0.25) is 0 Å².